The molecule has 2 amide bonds. The largest absolute Gasteiger partial charge is 0.497 e. The van der Waals surface area contributed by atoms with Gasteiger partial charge >= 0.3 is 0 Å². The van der Waals surface area contributed by atoms with Crippen molar-refractivity contribution in [3.63, 3.8) is 0 Å². The lowest BCUT2D eigenvalue weighted by atomic mass is 10.1. The van der Waals surface area contributed by atoms with Gasteiger partial charge in [0, 0.05) is 13.1 Å². The molecule has 0 aliphatic heterocycles. The van der Waals surface area contributed by atoms with E-state index in [0.717, 1.165) is 15.4 Å². The lowest BCUT2D eigenvalue weighted by Crippen LogP contribution is -2.52. The van der Waals surface area contributed by atoms with Gasteiger partial charge < -0.3 is 19.7 Å². The second-order valence-electron chi connectivity index (χ2n) is 9.42. The number of anilines is 1. The summed E-state index contributed by atoms with van der Waals surface area (Å²) in [6, 6.07) is 19.5. The maximum atomic E-state index is 14.2. The van der Waals surface area contributed by atoms with Gasteiger partial charge in [0.1, 0.15) is 24.1 Å². The molecule has 0 bridgehead atoms. The van der Waals surface area contributed by atoms with Crippen LogP contribution in [0.5, 0.6) is 11.5 Å². The molecule has 1 N–H and O–H groups in total. The Morgan fingerprint density at radius 3 is 2.29 bits per heavy atom. The zero-order valence-corrected chi connectivity index (χ0v) is 25.1. The smallest absolute Gasteiger partial charge is 0.264 e. The van der Waals surface area contributed by atoms with E-state index >= 15 is 0 Å². The molecular formula is C31H39N3O6S. The van der Waals surface area contributed by atoms with Crippen molar-refractivity contribution in [2.75, 3.05) is 31.1 Å². The van der Waals surface area contributed by atoms with Crippen molar-refractivity contribution < 1.29 is 27.5 Å². The first-order valence-corrected chi connectivity index (χ1v) is 15.1. The number of rotatable bonds is 14. The molecule has 1 unspecified atom stereocenters. The van der Waals surface area contributed by atoms with Crippen LogP contribution in [0, 0.1) is 6.92 Å². The molecule has 3 aromatic rings. The number of para-hydroxylation sites is 2. The number of methoxy groups -OCH3 is 1. The highest BCUT2D eigenvalue weighted by Gasteiger charge is 2.34. The monoisotopic (exact) mass is 581 g/mol. The summed E-state index contributed by atoms with van der Waals surface area (Å²) in [6.45, 7) is 7.53. The summed E-state index contributed by atoms with van der Waals surface area (Å²) < 4.78 is 40.3. The molecule has 220 valence electrons. The second-order valence-corrected chi connectivity index (χ2v) is 11.3. The lowest BCUT2D eigenvalue weighted by Gasteiger charge is -2.33. The molecule has 3 rings (SSSR count). The van der Waals surface area contributed by atoms with Crippen molar-refractivity contribution in [1.82, 2.24) is 10.2 Å². The fraction of sp³-hybridized carbons (Fsp3) is 0.355. The highest BCUT2D eigenvalue weighted by Crippen LogP contribution is 2.33. The number of carbonyl (C=O) groups is 2. The molecule has 41 heavy (non-hydrogen) atoms. The summed E-state index contributed by atoms with van der Waals surface area (Å²) in [7, 11) is -2.65. The normalized spacial score (nSPS) is 11.8. The zero-order chi connectivity index (χ0) is 30.0. The van der Waals surface area contributed by atoms with Gasteiger partial charge in [0.05, 0.1) is 24.3 Å². The number of sulfonamides is 1. The maximum Gasteiger partial charge on any atom is 0.264 e. The first-order valence-electron chi connectivity index (χ1n) is 13.7. The summed E-state index contributed by atoms with van der Waals surface area (Å²) >= 11 is 0. The van der Waals surface area contributed by atoms with Crippen LogP contribution in [0.15, 0.2) is 77.7 Å². The summed E-state index contributed by atoms with van der Waals surface area (Å²) in [6.07, 6.45) is 0.335. The average molecular weight is 582 g/mol. The van der Waals surface area contributed by atoms with Crippen LogP contribution in [0.3, 0.4) is 0 Å². The Kier molecular flexibility index (Phi) is 11.2. The van der Waals surface area contributed by atoms with Crippen LogP contribution in [0.4, 0.5) is 5.69 Å². The highest BCUT2D eigenvalue weighted by molar-refractivity contribution is 7.92. The van der Waals surface area contributed by atoms with Crippen LogP contribution in [0.25, 0.3) is 0 Å². The number of hydrogen-bond donors (Lipinski definition) is 1. The lowest BCUT2D eigenvalue weighted by molar-refractivity contribution is -0.140. The van der Waals surface area contributed by atoms with Crippen molar-refractivity contribution in [3.8, 4) is 11.5 Å². The van der Waals surface area contributed by atoms with E-state index in [1.54, 1.807) is 75.6 Å². The molecule has 0 spiro atoms. The van der Waals surface area contributed by atoms with Gasteiger partial charge in [0.15, 0.2) is 0 Å². The number of nitrogens with one attached hydrogen (secondary N) is 1. The molecule has 0 fully saturated rings. The molecule has 9 nitrogen and oxygen atoms in total. The molecule has 0 saturated carbocycles. The Morgan fingerprint density at radius 1 is 0.951 bits per heavy atom. The molecule has 0 saturated heterocycles. The predicted octanol–water partition coefficient (Wildman–Crippen LogP) is 4.54. The molecule has 0 heterocycles. The third-order valence-electron chi connectivity index (χ3n) is 6.55. The van der Waals surface area contributed by atoms with Gasteiger partial charge in [0.25, 0.3) is 10.0 Å². The van der Waals surface area contributed by atoms with Crippen molar-refractivity contribution >= 4 is 27.5 Å². The summed E-state index contributed by atoms with van der Waals surface area (Å²) in [4.78, 5) is 28.7. The van der Waals surface area contributed by atoms with E-state index in [0.29, 0.717) is 31.1 Å². The van der Waals surface area contributed by atoms with Crippen LogP contribution in [0.2, 0.25) is 0 Å². The number of carbonyl (C=O) groups excluding carboxylic acids is 2. The molecule has 0 radical (unpaired) electrons. The van der Waals surface area contributed by atoms with Crippen LogP contribution >= 0.6 is 0 Å². The van der Waals surface area contributed by atoms with E-state index < -0.39 is 28.5 Å². The number of likely N-dealkylation sites (N-methyl/N-ethyl adjacent to an activating group) is 1. The Hall–Kier alpha value is -4.05. The molecule has 1 atom stereocenters. The maximum absolute atomic E-state index is 14.2. The Bertz CT molecular complexity index is 1430. The van der Waals surface area contributed by atoms with Crippen LogP contribution in [0.1, 0.15) is 38.3 Å². The highest BCUT2D eigenvalue weighted by atomic mass is 32.2. The predicted molar refractivity (Wildman–Crippen MR) is 160 cm³/mol. The van der Waals surface area contributed by atoms with E-state index in [9.17, 15) is 18.0 Å². The van der Waals surface area contributed by atoms with Gasteiger partial charge in [-0.15, -0.1) is 0 Å². The van der Waals surface area contributed by atoms with Crippen molar-refractivity contribution in [3.05, 3.63) is 83.9 Å². The Balaban J connectivity index is 2.11. The Morgan fingerprint density at radius 2 is 1.66 bits per heavy atom. The van der Waals surface area contributed by atoms with Gasteiger partial charge in [-0.3, -0.25) is 13.9 Å². The first kappa shape index (κ1) is 31.5. The quantitative estimate of drug-likeness (QED) is 0.300. The third kappa shape index (κ3) is 7.79. The standard InChI is InChI=1S/C31H39N3O6S/c1-6-27(31(36)32-7-2)33(21-24-12-11-13-25(20-24)39-5)30(35)22-34(28-14-9-10-15-29(28)40-8-3)41(37,38)26-18-16-23(4)17-19-26/h9-20,27H,6-8,21-22H2,1-5H3,(H,32,36). The number of amides is 2. The number of hydrogen-bond acceptors (Lipinski definition) is 6. The zero-order valence-electron chi connectivity index (χ0n) is 24.3. The van der Waals surface area contributed by atoms with E-state index in [4.69, 9.17) is 9.47 Å². The second kappa shape index (κ2) is 14.5. The molecular weight excluding hydrogens is 542 g/mol. The first-order chi connectivity index (χ1) is 19.7. The van der Waals surface area contributed by atoms with Gasteiger partial charge in [-0.2, -0.15) is 0 Å². The van der Waals surface area contributed by atoms with Gasteiger partial charge in [-0.05, 0) is 69.2 Å². The topological polar surface area (TPSA) is 105 Å². The average Bonchev–Trinajstić information content (AvgIpc) is 2.96. The summed E-state index contributed by atoms with van der Waals surface area (Å²) in [5.74, 6) is 0.0885. The Labute approximate surface area is 243 Å². The minimum Gasteiger partial charge on any atom is -0.497 e. The summed E-state index contributed by atoms with van der Waals surface area (Å²) in [5.41, 5.74) is 1.87. The third-order valence-corrected chi connectivity index (χ3v) is 8.32. The number of benzene rings is 3. The molecule has 0 aliphatic carbocycles. The van der Waals surface area contributed by atoms with E-state index in [-0.39, 0.29) is 23.0 Å². The van der Waals surface area contributed by atoms with Gasteiger partial charge in [-0.25, -0.2) is 8.42 Å². The fourth-order valence-electron chi connectivity index (χ4n) is 4.47. The number of ether oxygens (including phenoxy) is 2. The van der Waals surface area contributed by atoms with Crippen LogP contribution in [-0.4, -0.2) is 58.0 Å². The molecule has 3 aromatic carbocycles. The SMILES string of the molecule is CCNC(=O)C(CC)N(Cc1cccc(OC)c1)C(=O)CN(c1ccccc1OCC)S(=O)(=O)c1ccc(C)cc1. The minimum absolute atomic E-state index is 0.0392. The van der Waals surface area contributed by atoms with Crippen molar-refractivity contribution in [2.45, 2.75) is 51.6 Å². The van der Waals surface area contributed by atoms with E-state index in [2.05, 4.69) is 5.32 Å². The molecule has 0 aromatic heterocycles. The van der Waals surface area contributed by atoms with Crippen molar-refractivity contribution in [1.29, 1.82) is 0 Å². The number of aryl methyl sites for hydroxylation is 1. The fourth-order valence-corrected chi connectivity index (χ4v) is 5.90. The van der Waals surface area contributed by atoms with Crippen LogP contribution in [-0.2, 0) is 26.2 Å². The molecule has 10 heteroatoms. The minimum atomic E-state index is -4.20. The van der Waals surface area contributed by atoms with Crippen LogP contribution < -0.4 is 19.1 Å². The van der Waals surface area contributed by atoms with E-state index in [1.807, 2.05) is 19.9 Å². The van der Waals surface area contributed by atoms with Gasteiger partial charge in [0.2, 0.25) is 11.8 Å². The summed E-state index contributed by atoms with van der Waals surface area (Å²) in [5, 5.41) is 2.80. The number of nitrogens with zero attached hydrogens (tertiary/aromatic N) is 2. The van der Waals surface area contributed by atoms with Crippen molar-refractivity contribution in [2.24, 2.45) is 0 Å². The molecule has 0 aliphatic rings. The van der Waals surface area contributed by atoms with E-state index in [1.165, 1.54) is 17.0 Å². The van der Waals surface area contributed by atoms with Gasteiger partial charge in [-0.1, -0.05) is 48.9 Å².